The van der Waals surface area contributed by atoms with Gasteiger partial charge in [-0.1, -0.05) is 25.4 Å². The van der Waals surface area contributed by atoms with Crippen LogP contribution in [0.1, 0.15) is 52.4 Å². The molecule has 23 heavy (non-hydrogen) atoms. The van der Waals surface area contributed by atoms with Gasteiger partial charge in [-0.15, -0.1) is 0 Å². The molecular formula is C18H24ClNO2S. The van der Waals surface area contributed by atoms with Crippen LogP contribution >= 0.6 is 11.6 Å². The maximum absolute atomic E-state index is 12.9. The maximum atomic E-state index is 12.9. The van der Waals surface area contributed by atoms with E-state index in [-0.39, 0.29) is 16.4 Å². The van der Waals surface area contributed by atoms with Gasteiger partial charge in [0.15, 0.2) is 0 Å². The van der Waals surface area contributed by atoms with Gasteiger partial charge in [-0.2, -0.15) is 0 Å². The number of hydrogen-bond acceptors (Lipinski definition) is 2. The van der Waals surface area contributed by atoms with Crippen LogP contribution in [0.15, 0.2) is 29.2 Å². The molecule has 1 N–H and O–H groups in total. The molecule has 0 unspecified atom stereocenters. The Morgan fingerprint density at radius 3 is 2.09 bits per heavy atom. The Balaban J connectivity index is 1.67. The van der Waals surface area contributed by atoms with Gasteiger partial charge in [0.1, 0.15) is 0 Å². The summed E-state index contributed by atoms with van der Waals surface area (Å²) in [6.07, 6.45) is 6.68. The summed E-state index contributed by atoms with van der Waals surface area (Å²) in [7, 11) is -3.50. The van der Waals surface area contributed by atoms with E-state index in [1.54, 1.807) is 24.3 Å². The molecule has 4 bridgehead atoms. The molecular weight excluding hydrogens is 330 g/mol. The fraction of sp³-hybridized carbons (Fsp3) is 0.667. The van der Waals surface area contributed by atoms with Crippen molar-refractivity contribution in [3.05, 3.63) is 29.3 Å². The molecule has 4 fully saturated rings. The minimum Gasteiger partial charge on any atom is -0.207 e. The lowest BCUT2D eigenvalue weighted by molar-refractivity contribution is -0.110. The lowest BCUT2D eigenvalue weighted by Gasteiger charge is -2.65. The Kier molecular flexibility index (Phi) is 3.28. The van der Waals surface area contributed by atoms with Gasteiger partial charge in [-0.25, -0.2) is 13.1 Å². The van der Waals surface area contributed by atoms with E-state index in [1.165, 1.54) is 19.3 Å². The molecule has 4 aliphatic carbocycles. The normalized spacial score (nSPS) is 42.1. The van der Waals surface area contributed by atoms with Crippen molar-refractivity contribution in [3.63, 3.8) is 0 Å². The second-order valence-corrected chi connectivity index (χ2v) is 11.1. The van der Waals surface area contributed by atoms with Crippen molar-refractivity contribution in [2.75, 3.05) is 0 Å². The van der Waals surface area contributed by atoms with Gasteiger partial charge < -0.3 is 0 Å². The topological polar surface area (TPSA) is 46.2 Å². The van der Waals surface area contributed by atoms with Crippen molar-refractivity contribution >= 4 is 21.6 Å². The predicted octanol–water partition coefficient (Wildman–Crippen LogP) is 4.37. The van der Waals surface area contributed by atoms with Crippen molar-refractivity contribution in [2.24, 2.45) is 16.7 Å². The second-order valence-electron chi connectivity index (χ2n) is 8.97. The first-order chi connectivity index (χ1) is 10.6. The summed E-state index contributed by atoms with van der Waals surface area (Å²) >= 11 is 5.88. The number of halogens is 1. The molecule has 0 saturated heterocycles. The standard InChI is InChI=1S/C18H24ClNO2S/c1-16-7-13-8-17(2,10-16)12-18(9-13,11-16)20-23(21,22)15-5-3-14(19)4-6-15/h3-6,13,20H,7-12H2,1-2H3/t13?,16-,17-,18?/m0/s1. The molecule has 1 aromatic carbocycles. The van der Waals surface area contributed by atoms with Crippen molar-refractivity contribution in [1.82, 2.24) is 4.72 Å². The Morgan fingerprint density at radius 1 is 1.00 bits per heavy atom. The van der Waals surface area contributed by atoms with Crippen LogP contribution in [-0.4, -0.2) is 14.0 Å². The summed E-state index contributed by atoms with van der Waals surface area (Å²) in [4.78, 5) is 0.313. The third-order valence-electron chi connectivity index (χ3n) is 6.10. The molecule has 4 aliphatic rings. The first-order valence-electron chi connectivity index (χ1n) is 8.41. The molecule has 0 spiro atoms. The van der Waals surface area contributed by atoms with Crippen molar-refractivity contribution in [3.8, 4) is 0 Å². The smallest absolute Gasteiger partial charge is 0.207 e. The number of nitrogens with one attached hydrogen (secondary N) is 1. The summed E-state index contributed by atoms with van der Waals surface area (Å²) < 4.78 is 28.9. The van der Waals surface area contributed by atoms with E-state index in [2.05, 4.69) is 18.6 Å². The van der Waals surface area contributed by atoms with Crippen LogP contribution in [0.25, 0.3) is 0 Å². The van der Waals surface area contributed by atoms with E-state index in [0.717, 1.165) is 19.3 Å². The van der Waals surface area contributed by atoms with E-state index in [9.17, 15) is 8.42 Å². The Hall–Kier alpha value is -0.580. The first-order valence-corrected chi connectivity index (χ1v) is 10.3. The third-order valence-corrected chi connectivity index (χ3v) is 7.95. The van der Waals surface area contributed by atoms with Crippen LogP contribution in [0.3, 0.4) is 0 Å². The highest BCUT2D eigenvalue weighted by molar-refractivity contribution is 7.89. The van der Waals surface area contributed by atoms with Crippen LogP contribution < -0.4 is 4.72 Å². The number of hydrogen-bond donors (Lipinski definition) is 1. The van der Waals surface area contributed by atoms with E-state index < -0.39 is 10.0 Å². The molecule has 5 heteroatoms. The van der Waals surface area contributed by atoms with E-state index in [4.69, 9.17) is 11.6 Å². The molecule has 5 rings (SSSR count). The van der Waals surface area contributed by atoms with Gasteiger partial charge in [-0.05, 0) is 79.5 Å². The highest BCUT2D eigenvalue weighted by Gasteiger charge is 2.61. The molecule has 1 aromatic rings. The Labute approximate surface area is 143 Å². The van der Waals surface area contributed by atoms with Gasteiger partial charge in [0.2, 0.25) is 10.0 Å². The summed E-state index contributed by atoms with van der Waals surface area (Å²) in [6, 6.07) is 6.46. The molecule has 0 aromatic heterocycles. The highest BCUT2D eigenvalue weighted by Crippen LogP contribution is 2.66. The van der Waals surface area contributed by atoms with Crippen LogP contribution in [0.2, 0.25) is 5.02 Å². The van der Waals surface area contributed by atoms with Gasteiger partial charge in [0.05, 0.1) is 4.90 Å². The number of sulfonamides is 1. The summed E-state index contributed by atoms with van der Waals surface area (Å²) in [5.74, 6) is 0.661. The van der Waals surface area contributed by atoms with Gasteiger partial charge >= 0.3 is 0 Å². The third kappa shape index (κ3) is 2.73. The molecule has 0 radical (unpaired) electrons. The fourth-order valence-corrected chi connectivity index (χ4v) is 8.06. The second kappa shape index (κ2) is 4.74. The van der Waals surface area contributed by atoms with Crippen molar-refractivity contribution in [2.45, 2.75) is 62.8 Å². The average molecular weight is 354 g/mol. The summed E-state index contributed by atoms with van der Waals surface area (Å²) in [6.45, 7) is 4.70. The zero-order chi connectivity index (χ0) is 16.5. The Bertz CT molecular complexity index is 725. The molecule has 3 nitrogen and oxygen atoms in total. The minimum absolute atomic E-state index is 0.263. The zero-order valence-corrected chi connectivity index (χ0v) is 15.3. The number of rotatable bonds is 3. The molecule has 0 amide bonds. The lowest BCUT2D eigenvalue weighted by atomic mass is 9.43. The van der Waals surface area contributed by atoms with Gasteiger partial charge in [0.25, 0.3) is 0 Å². The van der Waals surface area contributed by atoms with E-state index in [0.29, 0.717) is 15.8 Å². The molecule has 0 heterocycles. The fourth-order valence-electron chi connectivity index (χ4n) is 6.52. The zero-order valence-electron chi connectivity index (χ0n) is 13.7. The SMILES string of the molecule is C[C@@]12CC3CC(NS(=O)(=O)c4ccc(Cl)cc4)(C1)C[C@@](C)(C3)C2. The summed E-state index contributed by atoms with van der Waals surface area (Å²) in [5, 5.41) is 0.554. The van der Waals surface area contributed by atoms with Crippen molar-refractivity contribution < 1.29 is 8.42 Å². The highest BCUT2D eigenvalue weighted by atomic mass is 35.5. The van der Waals surface area contributed by atoms with Crippen LogP contribution in [0, 0.1) is 16.7 Å². The maximum Gasteiger partial charge on any atom is 0.241 e. The predicted molar refractivity (Wildman–Crippen MR) is 91.9 cm³/mol. The van der Waals surface area contributed by atoms with E-state index >= 15 is 0 Å². The monoisotopic (exact) mass is 353 g/mol. The van der Waals surface area contributed by atoms with Crippen LogP contribution in [-0.2, 0) is 10.0 Å². The first kappa shape index (κ1) is 15.9. The summed E-state index contributed by atoms with van der Waals surface area (Å²) in [5.41, 5.74) is 0.314. The van der Waals surface area contributed by atoms with Crippen LogP contribution in [0.5, 0.6) is 0 Å². The van der Waals surface area contributed by atoms with Crippen molar-refractivity contribution in [1.29, 1.82) is 0 Å². The number of benzene rings is 1. The van der Waals surface area contributed by atoms with E-state index in [1.807, 2.05) is 0 Å². The molecule has 0 aliphatic heterocycles. The minimum atomic E-state index is -3.50. The largest absolute Gasteiger partial charge is 0.241 e. The Morgan fingerprint density at radius 2 is 1.57 bits per heavy atom. The average Bonchev–Trinajstić information content (AvgIpc) is 2.33. The molecule has 2 atom stereocenters. The van der Waals surface area contributed by atoms with Crippen LogP contribution in [0.4, 0.5) is 0 Å². The molecule has 126 valence electrons. The lowest BCUT2D eigenvalue weighted by Crippen LogP contribution is -2.65. The van der Waals surface area contributed by atoms with Gasteiger partial charge in [0, 0.05) is 10.6 Å². The quantitative estimate of drug-likeness (QED) is 0.877. The molecule has 4 saturated carbocycles. The van der Waals surface area contributed by atoms with Gasteiger partial charge in [-0.3, -0.25) is 0 Å².